The number of esters is 4. The molecule has 0 aromatic rings. The molecule has 0 amide bonds. The lowest BCUT2D eigenvalue weighted by molar-refractivity contribution is -0.161. The van der Waals surface area contributed by atoms with Crippen LogP contribution in [0.25, 0.3) is 0 Å². The first-order valence-corrected chi connectivity index (χ1v) is 35.3. The molecule has 0 rings (SSSR count). The number of phosphoric acid groups is 2. The van der Waals surface area contributed by atoms with Crippen LogP contribution in [0.5, 0.6) is 0 Å². The Morgan fingerprint density at radius 3 is 0.877 bits per heavy atom. The predicted octanol–water partition coefficient (Wildman–Crippen LogP) is 16.6. The van der Waals surface area contributed by atoms with Crippen molar-refractivity contribution in [1.29, 1.82) is 0 Å². The lowest BCUT2D eigenvalue weighted by atomic mass is 10.00. The summed E-state index contributed by atoms with van der Waals surface area (Å²) in [4.78, 5) is 72.1. The Balaban J connectivity index is 5.25. The molecule has 0 heterocycles. The smallest absolute Gasteiger partial charge is 0.462 e. The van der Waals surface area contributed by atoms with Gasteiger partial charge in [-0.15, -0.1) is 0 Å². The minimum Gasteiger partial charge on any atom is -0.462 e. The van der Waals surface area contributed by atoms with E-state index in [9.17, 15) is 43.2 Å². The van der Waals surface area contributed by atoms with Crippen LogP contribution in [0.15, 0.2) is 0 Å². The van der Waals surface area contributed by atoms with Gasteiger partial charge >= 0.3 is 39.5 Å². The van der Waals surface area contributed by atoms with Crippen molar-refractivity contribution in [2.45, 2.75) is 311 Å². The minimum absolute atomic E-state index is 0.101. The maximum Gasteiger partial charge on any atom is 0.472 e. The summed E-state index contributed by atoms with van der Waals surface area (Å²) in [6, 6.07) is 0. The highest BCUT2D eigenvalue weighted by Gasteiger charge is 2.30. The van der Waals surface area contributed by atoms with Crippen molar-refractivity contribution in [3.63, 3.8) is 0 Å². The summed E-state index contributed by atoms with van der Waals surface area (Å²) >= 11 is 0. The van der Waals surface area contributed by atoms with Gasteiger partial charge in [0, 0.05) is 25.7 Å². The number of phosphoric ester groups is 2. The molecule has 0 aromatic carbocycles. The molecule has 3 N–H and O–H groups in total. The fraction of sp³-hybridized carbons (Fsp3) is 0.935. The van der Waals surface area contributed by atoms with Crippen molar-refractivity contribution in [2.24, 2.45) is 23.7 Å². The third kappa shape index (κ3) is 54.5. The summed E-state index contributed by atoms with van der Waals surface area (Å²) in [5, 5.41) is 10.5. The van der Waals surface area contributed by atoms with Crippen LogP contribution in [0.4, 0.5) is 0 Å². The summed E-state index contributed by atoms with van der Waals surface area (Å²) in [6.45, 7) is 13.9. The zero-order valence-corrected chi connectivity index (χ0v) is 54.2. The number of aliphatic hydroxyl groups is 1. The van der Waals surface area contributed by atoms with Crippen molar-refractivity contribution in [3.05, 3.63) is 0 Å². The van der Waals surface area contributed by atoms with Gasteiger partial charge in [0.25, 0.3) is 0 Å². The standard InChI is InChI=1S/C62H120O17P2/c1-9-54(7)40-32-24-17-20-28-36-44-61(66)78-57(48-72-59(64)42-34-26-15-13-11-12-14-22-30-38-52(3)4)50-76-80(68,69)74-46-56(63)47-75-81(70,71)77-51-58(49-73-60(65)43-35-27-19-16-23-31-39-53(5)6)79-62(67)45-37-29-21-18-25-33-41-55(8)10-2/h52-58,63H,9-51H2,1-8H3,(H,68,69)(H,70,71)/t54?,55?,56-,57-,58-/m1/s1. The number of carbonyl (C=O) groups excluding carboxylic acids is 4. The van der Waals surface area contributed by atoms with Crippen molar-refractivity contribution < 1.29 is 80.2 Å². The average Bonchev–Trinajstić information content (AvgIpc) is 3.42. The zero-order chi connectivity index (χ0) is 60.4. The van der Waals surface area contributed by atoms with Gasteiger partial charge in [-0.25, -0.2) is 9.13 Å². The quantitative estimate of drug-likeness (QED) is 0.0222. The van der Waals surface area contributed by atoms with Crippen LogP contribution in [0.3, 0.4) is 0 Å². The molecule has 0 aliphatic heterocycles. The van der Waals surface area contributed by atoms with Gasteiger partial charge in [0.15, 0.2) is 12.2 Å². The van der Waals surface area contributed by atoms with Crippen LogP contribution in [0.2, 0.25) is 0 Å². The molecule has 0 aliphatic rings. The van der Waals surface area contributed by atoms with E-state index in [-0.39, 0.29) is 25.7 Å². The third-order valence-corrected chi connectivity index (χ3v) is 16.7. The molecule has 81 heavy (non-hydrogen) atoms. The van der Waals surface area contributed by atoms with E-state index >= 15 is 0 Å². The largest absolute Gasteiger partial charge is 0.472 e. The van der Waals surface area contributed by atoms with Crippen molar-refractivity contribution in [2.75, 3.05) is 39.6 Å². The second-order valence-electron chi connectivity index (χ2n) is 23.9. The molecule has 0 aromatic heterocycles. The van der Waals surface area contributed by atoms with Crippen LogP contribution in [0, 0.1) is 23.7 Å². The Morgan fingerprint density at radius 1 is 0.346 bits per heavy atom. The summed E-state index contributed by atoms with van der Waals surface area (Å²) < 4.78 is 67.9. The SMILES string of the molecule is CCC(C)CCCCCCCCC(=O)O[C@H](COC(=O)CCCCCCCCCCCC(C)C)COP(=O)(O)OC[C@@H](O)COP(=O)(O)OC[C@@H](COC(=O)CCCCCCCCC(C)C)OC(=O)CCCCCCCCC(C)CC. The van der Waals surface area contributed by atoms with Crippen molar-refractivity contribution in [3.8, 4) is 0 Å². The second-order valence-corrected chi connectivity index (χ2v) is 26.8. The third-order valence-electron chi connectivity index (χ3n) is 14.8. The number of hydrogen-bond acceptors (Lipinski definition) is 15. The minimum atomic E-state index is -4.94. The van der Waals surface area contributed by atoms with Crippen LogP contribution < -0.4 is 0 Å². The molecule has 0 radical (unpaired) electrons. The number of carbonyl (C=O) groups is 4. The van der Waals surface area contributed by atoms with Crippen LogP contribution >= 0.6 is 15.6 Å². The number of hydrogen-bond donors (Lipinski definition) is 3. The Labute approximate surface area is 492 Å². The van der Waals surface area contributed by atoms with E-state index in [4.69, 9.17) is 37.0 Å². The monoisotopic (exact) mass is 1200 g/mol. The second kappa shape index (κ2) is 52.4. The van der Waals surface area contributed by atoms with E-state index in [1.807, 2.05) is 0 Å². The average molecular weight is 1200 g/mol. The van der Waals surface area contributed by atoms with Gasteiger partial charge in [0.05, 0.1) is 26.4 Å². The Morgan fingerprint density at radius 2 is 0.593 bits per heavy atom. The van der Waals surface area contributed by atoms with Gasteiger partial charge in [-0.2, -0.15) is 0 Å². The molecular formula is C62H120O17P2. The first kappa shape index (κ1) is 79.1. The number of aliphatic hydroxyl groups excluding tert-OH is 1. The Hall–Kier alpha value is -1.94. The molecule has 0 saturated heterocycles. The molecular weight excluding hydrogens is 1080 g/mol. The number of ether oxygens (including phenoxy) is 4. The summed E-state index contributed by atoms with van der Waals surface area (Å²) in [7, 11) is -9.89. The van der Waals surface area contributed by atoms with Crippen molar-refractivity contribution >= 4 is 39.5 Å². The molecule has 0 bridgehead atoms. The zero-order valence-electron chi connectivity index (χ0n) is 52.4. The highest BCUT2D eigenvalue weighted by atomic mass is 31.2. The van der Waals surface area contributed by atoms with E-state index in [1.54, 1.807) is 0 Å². The van der Waals surface area contributed by atoms with Gasteiger partial charge < -0.3 is 33.8 Å². The highest BCUT2D eigenvalue weighted by molar-refractivity contribution is 7.47. The van der Waals surface area contributed by atoms with E-state index in [0.717, 1.165) is 114 Å². The molecule has 19 heteroatoms. The summed E-state index contributed by atoms with van der Waals surface area (Å²) in [5.74, 6) is 0.716. The highest BCUT2D eigenvalue weighted by Crippen LogP contribution is 2.45. The van der Waals surface area contributed by atoms with Gasteiger partial charge in [0.1, 0.15) is 19.3 Å². The molecule has 4 unspecified atom stereocenters. The fourth-order valence-corrected chi connectivity index (χ4v) is 10.6. The van der Waals surface area contributed by atoms with Gasteiger partial charge in [0.2, 0.25) is 0 Å². The van der Waals surface area contributed by atoms with E-state index in [2.05, 4.69) is 55.4 Å². The molecule has 0 spiro atoms. The number of unbranched alkanes of at least 4 members (excludes halogenated alkanes) is 23. The van der Waals surface area contributed by atoms with Crippen LogP contribution in [0.1, 0.15) is 293 Å². The van der Waals surface area contributed by atoms with Crippen LogP contribution in [-0.2, 0) is 65.4 Å². The number of rotatable bonds is 59. The molecule has 0 aliphatic carbocycles. The topological polar surface area (TPSA) is 237 Å². The maximum absolute atomic E-state index is 12.9. The van der Waals surface area contributed by atoms with E-state index in [0.29, 0.717) is 31.6 Å². The Bertz CT molecular complexity index is 1630. The Kier molecular flexibility index (Phi) is 51.1. The first-order chi connectivity index (χ1) is 38.7. The van der Waals surface area contributed by atoms with Crippen LogP contribution in [-0.4, -0.2) is 96.7 Å². The van der Waals surface area contributed by atoms with E-state index in [1.165, 1.54) is 89.9 Å². The molecule has 0 saturated carbocycles. The van der Waals surface area contributed by atoms with Crippen molar-refractivity contribution in [1.82, 2.24) is 0 Å². The van der Waals surface area contributed by atoms with E-state index < -0.39 is 97.5 Å². The summed E-state index contributed by atoms with van der Waals surface area (Å²) in [5.41, 5.74) is 0. The van der Waals surface area contributed by atoms with Gasteiger partial charge in [-0.05, 0) is 49.4 Å². The van der Waals surface area contributed by atoms with Gasteiger partial charge in [-0.1, -0.05) is 242 Å². The molecule has 7 atom stereocenters. The predicted molar refractivity (Wildman–Crippen MR) is 321 cm³/mol. The normalized spacial score (nSPS) is 15.2. The fourth-order valence-electron chi connectivity index (χ4n) is 9.01. The summed E-state index contributed by atoms with van der Waals surface area (Å²) in [6.07, 6.45) is 31.0. The molecule has 480 valence electrons. The molecule has 0 fully saturated rings. The lowest BCUT2D eigenvalue weighted by Gasteiger charge is -2.21. The lowest BCUT2D eigenvalue weighted by Crippen LogP contribution is -2.30. The first-order valence-electron chi connectivity index (χ1n) is 32.3. The maximum atomic E-state index is 12.9. The van der Waals surface area contributed by atoms with Gasteiger partial charge in [-0.3, -0.25) is 37.3 Å². The molecule has 17 nitrogen and oxygen atoms in total.